The van der Waals surface area contributed by atoms with Gasteiger partial charge in [0.1, 0.15) is 29.3 Å². The number of carbonyl (C=O) groups is 2. The Morgan fingerprint density at radius 1 is 1.06 bits per heavy atom. The van der Waals surface area contributed by atoms with Crippen molar-refractivity contribution < 1.29 is 19.1 Å². The van der Waals surface area contributed by atoms with E-state index in [2.05, 4.69) is 15.3 Å². The van der Waals surface area contributed by atoms with E-state index in [1.54, 1.807) is 59.8 Å². The van der Waals surface area contributed by atoms with Crippen LogP contribution >= 0.6 is 0 Å². The molecule has 2 atom stereocenters. The molecule has 0 radical (unpaired) electrons. The van der Waals surface area contributed by atoms with Gasteiger partial charge in [-0.25, -0.2) is 9.07 Å². The number of hydrogen-bond acceptors (Lipinski definition) is 5. The van der Waals surface area contributed by atoms with E-state index in [9.17, 15) is 19.1 Å². The molecule has 3 aromatic rings. The van der Waals surface area contributed by atoms with Gasteiger partial charge in [-0.1, -0.05) is 24.3 Å². The van der Waals surface area contributed by atoms with Crippen LogP contribution in [0.1, 0.15) is 11.1 Å². The van der Waals surface area contributed by atoms with Crippen molar-refractivity contribution in [1.29, 1.82) is 0 Å². The van der Waals surface area contributed by atoms with Gasteiger partial charge in [-0.15, -0.1) is 0 Å². The van der Waals surface area contributed by atoms with Crippen LogP contribution in [-0.4, -0.2) is 68.2 Å². The molecule has 8 nitrogen and oxygen atoms in total. The quantitative estimate of drug-likeness (QED) is 0.616. The topological polar surface area (TPSA) is 90.7 Å². The Balaban J connectivity index is 1.23. The largest absolute Gasteiger partial charge is 0.508 e. The summed E-state index contributed by atoms with van der Waals surface area (Å²) in [6.45, 7) is 2.07. The van der Waals surface area contributed by atoms with Gasteiger partial charge < -0.3 is 15.3 Å². The number of nitrogens with one attached hydrogen (secondary N) is 1. The van der Waals surface area contributed by atoms with Crippen LogP contribution in [0, 0.1) is 5.82 Å². The highest BCUT2D eigenvalue weighted by Gasteiger charge is 2.43. The summed E-state index contributed by atoms with van der Waals surface area (Å²) in [7, 11) is 0. The van der Waals surface area contributed by atoms with Gasteiger partial charge >= 0.3 is 0 Å². The zero-order chi connectivity index (χ0) is 22.9. The second-order valence-corrected chi connectivity index (χ2v) is 8.46. The van der Waals surface area contributed by atoms with Gasteiger partial charge in [0, 0.05) is 44.4 Å². The SMILES string of the molecule is O=C1N[C@@H](Cc2ccc(O)cc2)C(=O)N2CCN(Cc3cnn(-c4ccccc4F)c3)C[C@H]12. The fraction of sp³-hybridized carbons (Fsp3) is 0.292. The molecule has 33 heavy (non-hydrogen) atoms. The maximum absolute atomic E-state index is 14.0. The summed E-state index contributed by atoms with van der Waals surface area (Å²) < 4.78 is 15.5. The average molecular weight is 449 g/mol. The number of aromatic nitrogens is 2. The number of aromatic hydroxyl groups is 1. The van der Waals surface area contributed by atoms with Crippen molar-refractivity contribution in [1.82, 2.24) is 24.9 Å². The van der Waals surface area contributed by atoms with E-state index in [1.165, 1.54) is 10.7 Å². The highest BCUT2D eigenvalue weighted by Crippen LogP contribution is 2.21. The van der Waals surface area contributed by atoms with Crippen LogP contribution in [-0.2, 0) is 22.6 Å². The van der Waals surface area contributed by atoms with Crippen LogP contribution in [0.25, 0.3) is 5.69 Å². The molecule has 0 unspecified atom stereocenters. The molecule has 0 saturated carbocycles. The lowest BCUT2D eigenvalue weighted by Crippen LogP contribution is -2.69. The minimum Gasteiger partial charge on any atom is -0.508 e. The number of piperazine rings is 2. The summed E-state index contributed by atoms with van der Waals surface area (Å²) in [4.78, 5) is 29.6. The summed E-state index contributed by atoms with van der Waals surface area (Å²) in [5.74, 6) is -0.432. The van der Waals surface area contributed by atoms with Gasteiger partial charge in [0.05, 0.1) is 6.20 Å². The molecular formula is C24H24FN5O3. The van der Waals surface area contributed by atoms with Gasteiger partial charge in [0.2, 0.25) is 11.8 Å². The third-order valence-corrected chi connectivity index (χ3v) is 6.18. The number of phenols is 1. The van der Waals surface area contributed by atoms with Crippen molar-refractivity contribution >= 4 is 11.8 Å². The lowest BCUT2D eigenvalue weighted by atomic mass is 9.98. The summed E-state index contributed by atoms with van der Waals surface area (Å²) in [6.07, 6.45) is 3.86. The normalized spacial score (nSPS) is 21.1. The second-order valence-electron chi connectivity index (χ2n) is 8.46. The summed E-state index contributed by atoms with van der Waals surface area (Å²) in [5, 5.41) is 16.6. The van der Waals surface area contributed by atoms with E-state index < -0.39 is 12.1 Å². The molecule has 2 aliphatic rings. The molecule has 3 heterocycles. The van der Waals surface area contributed by atoms with Crippen LogP contribution in [0.15, 0.2) is 60.9 Å². The van der Waals surface area contributed by atoms with Crippen molar-refractivity contribution in [2.24, 2.45) is 0 Å². The van der Waals surface area contributed by atoms with Gasteiger partial charge in [-0.2, -0.15) is 5.10 Å². The molecule has 5 rings (SSSR count). The van der Waals surface area contributed by atoms with Gasteiger partial charge in [0.15, 0.2) is 0 Å². The number of benzene rings is 2. The molecule has 2 N–H and O–H groups in total. The summed E-state index contributed by atoms with van der Waals surface area (Å²) >= 11 is 0. The van der Waals surface area contributed by atoms with Gasteiger partial charge in [0.25, 0.3) is 0 Å². The first kappa shape index (κ1) is 21.1. The van der Waals surface area contributed by atoms with E-state index in [1.807, 2.05) is 0 Å². The number of para-hydroxylation sites is 1. The molecule has 9 heteroatoms. The number of phenolic OH excluding ortho intramolecular Hbond substituents is 1. The Bertz CT molecular complexity index is 1180. The standard InChI is InChI=1S/C24H24FN5O3/c25-19-3-1-2-4-21(19)30-14-17(12-26-30)13-28-9-10-29-22(15-28)23(32)27-20(24(29)33)11-16-5-7-18(31)8-6-16/h1-8,12,14,20,22,31H,9-11,13,15H2,(H,27,32)/t20-,22+/m0/s1. The smallest absolute Gasteiger partial charge is 0.246 e. The Hall–Kier alpha value is -3.72. The predicted molar refractivity (Wildman–Crippen MR) is 118 cm³/mol. The number of amides is 2. The van der Waals surface area contributed by atoms with Crippen LogP contribution in [0.5, 0.6) is 5.75 Å². The molecule has 0 aliphatic carbocycles. The van der Waals surface area contributed by atoms with Crippen molar-refractivity contribution in [3.63, 3.8) is 0 Å². The maximum Gasteiger partial charge on any atom is 0.246 e. The monoisotopic (exact) mass is 449 g/mol. The van der Waals surface area contributed by atoms with Gasteiger partial charge in [-0.05, 0) is 29.8 Å². The fourth-order valence-corrected chi connectivity index (χ4v) is 4.48. The van der Waals surface area contributed by atoms with Crippen LogP contribution in [0.3, 0.4) is 0 Å². The summed E-state index contributed by atoms with van der Waals surface area (Å²) in [5.41, 5.74) is 2.15. The van der Waals surface area contributed by atoms with E-state index in [0.717, 1.165) is 11.1 Å². The molecule has 2 amide bonds. The van der Waals surface area contributed by atoms with Crippen molar-refractivity contribution in [3.05, 3.63) is 77.9 Å². The molecule has 2 fully saturated rings. The molecule has 2 aromatic carbocycles. The first-order valence-corrected chi connectivity index (χ1v) is 10.9. The lowest BCUT2D eigenvalue weighted by molar-refractivity contribution is -0.153. The van der Waals surface area contributed by atoms with Crippen molar-refractivity contribution in [3.8, 4) is 11.4 Å². The molecule has 170 valence electrons. The first-order chi connectivity index (χ1) is 16.0. The highest BCUT2D eigenvalue weighted by atomic mass is 19.1. The molecule has 2 aliphatic heterocycles. The maximum atomic E-state index is 14.0. The highest BCUT2D eigenvalue weighted by molar-refractivity contribution is 5.97. The average Bonchev–Trinajstić information content (AvgIpc) is 3.27. The van der Waals surface area contributed by atoms with Crippen molar-refractivity contribution in [2.45, 2.75) is 25.0 Å². The molecule has 2 saturated heterocycles. The van der Waals surface area contributed by atoms with Gasteiger partial charge in [-0.3, -0.25) is 14.5 Å². The van der Waals surface area contributed by atoms with E-state index in [0.29, 0.717) is 38.3 Å². The fourth-order valence-electron chi connectivity index (χ4n) is 4.48. The first-order valence-electron chi connectivity index (χ1n) is 10.9. The number of hydrogen-bond donors (Lipinski definition) is 2. The number of nitrogens with zero attached hydrogens (tertiary/aromatic N) is 4. The number of rotatable bonds is 5. The van der Waals surface area contributed by atoms with Crippen LogP contribution in [0.4, 0.5) is 4.39 Å². The lowest BCUT2D eigenvalue weighted by Gasteiger charge is -2.45. The van der Waals surface area contributed by atoms with Crippen LogP contribution < -0.4 is 5.32 Å². The Kier molecular flexibility index (Phi) is 5.55. The summed E-state index contributed by atoms with van der Waals surface area (Å²) in [6, 6.07) is 11.9. The minimum absolute atomic E-state index is 0.0836. The number of halogens is 1. The third-order valence-electron chi connectivity index (χ3n) is 6.18. The zero-order valence-corrected chi connectivity index (χ0v) is 17.9. The number of fused-ring (bicyclic) bond motifs is 1. The molecule has 1 aromatic heterocycles. The van der Waals surface area contributed by atoms with E-state index in [4.69, 9.17) is 0 Å². The Morgan fingerprint density at radius 2 is 1.85 bits per heavy atom. The van der Waals surface area contributed by atoms with E-state index in [-0.39, 0.29) is 23.4 Å². The van der Waals surface area contributed by atoms with Crippen LogP contribution in [0.2, 0.25) is 0 Å². The Labute approximate surface area is 190 Å². The molecular weight excluding hydrogens is 425 g/mol. The van der Waals surface area contributed by atoms with Crippen molar-refractivity contribution in [2.75, 3.05) is 19.6 Å². The number of carbonyl (C=O) groups excluding carboxylic acids is 2. The third kappa shape index (κ3) is 4.31. The molecule has 0 bridgehead atoms. The second kappa shape index (κ2) is 8.67. The predicted octanol–water partition coefficient (Wildman–Crippen LogP) is 1.47. The molecule has 0 spiro atoms. The Morgan fingerprint density at radius 3 is 2.64 bits per heavy atom. The van der Waals surface area contributed by atoms with E-state index >= 15 is 0 Å². The minimum atomic E-state index is -0.608. The zero-order valence-electron chi connectivity index (χ0n) is 17.9.